The standard InChI is InChI=1S/C46H74N14O17S/c1-22(2)36(44(75)58-31(19-35(66)67)42(73)55-27(12-14-33(49)63)39(70)56-29(45(76)77)7-5-17-52-46(50)51)60-43(74)32(20-61)59-40(71)28(13-15-34(64)65)54-38(69)26(6-3-4-16-47)53-41(72)30(57-37(68)25(48)21-78)18-23-8-10-24(62)11-9-23/h8-11,22,25-32,36,61-62,78H,3-7,12-21,47-48H2,1-2H3,(H2,49,63)(H,53,72)(H,54,69)(H,55,73)(H,56,70)(H,57,68)(H,58,75)(H,59,71)(H,60,74)(H,64,65)(H,66,67)(H,76,77)(H4,50,51,52). The maximum absolute atomic E-state index is 14.0. The van der Waals surface area contributed by atoms with E-state index in [1.807, 2.05) is 0 Å². The molecule has 31 nitrogen and oxygen atoms in total. The molecule has 9 amide bonds. The molecule has 0 aliphatic rings. The van der Waals surface area contributed by atoms with E-state index in [9.17, 15) is 83.1 Å². The second-order valence-corrected chi connectivity index (χ2v) is 18.5. The van der Waals surface area contributed by atoms with Crippen LogP contribution in [0, 0.1) is 5.92 Å². The first-order chi connectivity index (χ1) is 36.6. The first kappa shape index (κ1) is 68.2. The van der Waals surface area contributed by atoms with E-state index < -0.39 is 170 Å². The Labute approximate surface area is 453 Å². The Morgan fingerprint density at radius 3 is 1.50 bits per heavy atom. The van der Waals surface area contributed by atoms with E-state index in [2.05, 4.69) is 60.2 Å². The highest BCUT2D eigenvalue weighted by atomic mass is 32.1. The Balaban J connectivity index is 3.42. The lowest BCUT2D eigenvalue weighted by Gasteiger charge is -2.28. The second kappa shape index (κ2) is 35.5. The van der Waals surface area contributed by atoms with E-state index in [0.717, 1.165) is 0 Å². The molecule has 0 spiro atoms. The molecule has 0 aliphatic carbocycles. The first-order valence-electron chi connectivity index (χ1n) is 24.5. The number of benzene rings is 1. The largest absolute Gasteiger partial charge is 0.508 e. The number of aliphatic imine (C=N–C) groups is 1. The van der Waals surface area contributed by atoms with Gasteiger partial charge in [0.25, 0.3) is 0 Å². The molecule has 0 radical (unpaired) electrons. The number of carbonyl (C=O) groups is 12. The third-order valence-electron chi connectivity index (χ3n) is 11.3. The number of carboxylic acid groups (broad SMARTS) is 3. The van der Waals surface area contributed by atoms with Crippen LogP contribution in [0.4, 0.5) is 0 Å². The summed E-state index contributed by atoms with van der Waals surface area (Å²) in [6.07, 6.45) is -3.24. The van der Waals surface area contributed by atoms with Crippen molar-refractivity contribution in [3.05, 3.63) is 29.8 Å². The van der Waals surface area contributed by atoms with Gasteiger partial charge in [0.05, 0.1) is 19.1 Å². The zero-order chi connectivity index (χ0) is 59.2. The summed E-state index contributed by atoms with van der Waals surface area (Å²) >= 11 is 4.02. The molecule has 9 atom stereocenters. The molecule has 0 fully saturated rings. The van der Waals surface area contributed by atoms with Crippen molar-refractivity contribution < 1.29 is 83.1 Å². The summed E-state index contributed by atoms with van der Waals surface area (Å²) in [5.74, 6) is -15.6. The maximum atomic E-state index is 14.0. The number of amides is 9. The Kier molecular flexibility index (Phi) is 31.0. The highest BCUT2D eigenvalue weighted by molar-refractivity contribution is 7.80. The van der Waals surface area contributed by atoms with Gasteiger partial charge >= 0.3 is 17.9 Å². The molecule has 0 heterocycles. The van der Waals surface area contributed by atoms with Gasteiger partial charge in [0.2, 0.25) is 53.2 Å². The van der Waals surface area contributed by atoms with Crippen molar-refractivity contribution >= 4 is 89.7 Å². The van der Waals surface area contributed by atoms with Crippen molar-refractivity contribution in [3.8, 4) is 5.75 Å². The van der Waals surface area contributed by atoms with Gasteiger partial charge in [0, 0.05) is 31.6 Å². The van der Waals surface area contributed by atoms with Crippen LogP contribution in [-0.2, 0) is 64.0 Å². The Hall–Kier alpha value is -7.84. The van der Waals surface area contributed by atoms with Gasteiger partial charge < -0.3 is 96.7 Å². The molecule has 0 aliphatic heterocycles. The number of unbranched alkanes of at least 4 members (excludes halogenated alkanes) is 1. The van der Waals surface area contributed by atoms with Crippen LogP contribution >= 0.6 is 12.6 Å². The van der Waals surface area contributed by atoms with Gasteiger partial charge in [-0.25, -0.2) is 4.79 Å². The fourth-order valence-electron chi connectivity index (χ4n) is 7.04. The number of aromatic hydroxyl groups is 1. The van der Waals surface area contributed by atoms with Crippen LogP contribution in [0.1, 0.15) is 83.6 Å². The highest BCUT2D eigenvalue weighted by Gasteiger charge is 2.36. The fourth-order valence-corrected chi connectivity index (χ4v) is 7.21. The van der Waals surface area contributed by atoms with E-state index in [-0.39, 0.29) is 62.7 Å². The third kappa shape index (κ3) is 26.3. The van der Waals surface area contributed by atoms with Crippen LogP contribution in [0.2, 0.25) is 0 Å². The van der Waals surface area contributed by atoms with Crippen LogP contribution in [0.3, 0.4) is 0 Å². The van der Waals surface area contributed by atoms with Crippen molar-refractivity contribution in [3.63, 3.8) is 0 Å². The molecule has 9 unspecified atom stereocenters. The van der Waals surface area contributed by atoms with Crippen LogP contribution in [0.25, 0.3) is 0 Å². The number of thiol groups is 1. The van der Waals surface area contributed by atoms with Crippen molar-refractivity contribution in [1.82, 2.24) is 42.5 Å². The van der Waals surface area contributed by atoms with Gasteiger partial charge in [-0.3, -0.25) is 57.7 Å². The number of rotatable bonds is 38. The summed E-state index contributed by atoms with van der Waals surface area (Å²) in [5.41, 5.74) is 27.8. The summed E-state index contributed by atoms with van der Waals surface area (Å²) in [5, 5.41) is 67.4. The molecule has 436 valence electrons. The molecule has 32 heteroatoms. The number of nitrogens with one attached hydrogen (secondary N) is 8. The minimum Gasteiger partial charge on any atom is -0.508 e. The Morgan fingerprint density at radius 2 is 1.03 bits per heavy atom. The van der Waals surface area contributed by atoms with Gasteiger partial charge in [0.15, 0.2) is 5.96 Å². The predicted octanol–water partition coefficient (Wildman–Crippen LogP) is -6.41. The summed E-state index contributed by atoms with van der Waals surface area (Å²) in [6.45, 7) is 1.83. The minimum atomic E-state index is -2.00. The number of aliphatic hydroxyl groups is 1. The number of hydrogen-bond donors (Lipinski definition) is 19. The van der Waals surface area contributed by atoms with Gasteiger partial charge in [-0.2, -0.15) is 12.6 Å². The monoisotopic (exact) mass is 1130 g/mol. The van der Waals surface area contributed by atoms with Crippen LogP contribution < -0.4 is 71.2 Å². The summed E-state index contributed by atoms with van der Waals surface area (Å²) in [4.78, 5) is 160. The second-order valence-electron chi connectivity index (χ2n) is 18.1. The van der Waals surface area contributed by atoms with Crippen molar-refractivity contribution in [2.75, 3.05) is 25.4 Å². The third-order valence-corrected chi connectivity index (χ3v) is 11.7. The SMILES string of the molecule is CC(C)C(NC(=O)C(CO)NC(=O)C(CCC(=O)O)NC(=O)C(CCCCN)NC(=O)C(Cc1ccc(O)cc1)NC(=O)C(N)CS)C(=O)NC(CC(=O)O)C(=O)NC(CCC(N)=O)C(=O)NC(CCCN=C(N)N)C(=O)O. The number of phenolic OH excluding ortho intramolecular Hbond substituents is 1. The predicted molar refractivity (Wildman–Crippen MR) is 279 cm³/mol. The average molecular weight is 1130 g/mol. The fraction of sp³-hybridized carbons (Fsp3) is 0.587. The van der Waals surface area contributed by atoms with Crippen LogP contribution in [-0.4, -0.2) is 182 Å². The lowest BCUT2D eigenvalue weighted by molar-refractivity contribution is -0.143. The Bertz CT molecular complexity index is 2270. The number of guanidine groups is 1. The molecular weight excluding hydrogens is 1050 g/mol. The number of phenols is 1. The van der Waals surface area contributed by atoms with E-state index in [4.69, 9.17) is 28.7 Å². The van der Waals surface area contributed by atoms with Gasteiger partial charge in [-0.1, -0.05) is 26.0 Å². The lowest BCUT2D eigenvalue weighted by Crippen LogP contribution is -2.61. The number of aliphatic carboxylic acids is 3. The van der Waals surface area contributed by atoms with Crippen molar-refractivity contribution in [1.29, 1.82) is 0 Å². The number of primary amides is 1. The molecule has 1 rings (SSSR count). The highest BCUT2D eigenvalue weighted by Crippen LogP contribution is 2.14. The Morgan fingerprint density at radius 1 is 0.564 bits per heavy atom. The van der Waals surface area contributed by atoms with E-state index >= 15 is 0 Å². The van der Waals surface area contributed by atoms with E-state index in [1.54, 1.807) is 0 Å². The zero-order valence-electron chi connectivity index (χ0n) is 43.1. The van der Waals surface area contributed by atoms with Gasteiger partial charge in [-0.15, -0.1) is 0 Å². The summed E-state index contributed by atoms with van der Waals surface area (Å²) < 4.78 is 0. The van der Waals surface area contributed by atoms with Crippen LogP contribution in [0.5, 0.6) is 5.75 Å². The topological polar surface area (TPSA) is 545 Å². The normalized spacial score (nSPS) is 14.4. The average Bonchev–Trinajstić information content (AvgIpc) is 3.36. The number of carboxylic acids is 3. The van der Waals surface area contributed by atoms with Crippen molar-refractivity contribution in [2.24, 2.45) is 39.6 Å². The molecule has 78 heavy (non-hydrogen) atoms. The molecule has 0 bridgehead atoms. The summed E-state index contributed by atoms with van der Waals surface area (Å²) in [6, 6.07) is -8.88. The molecule has 0 saturated heterocycles. The number of hydrogen-bond acceptors (Lipinski definition) is 18. The van der Waals surface area contributed by atoms with Crippen molar-refractivity contribution in [2.45, 2.75) is 139 Å². The summed E-state index contributed by atoms with van der Waals surface area (Å²) in [7, 11) is 0. The van der Waals surface area contributed by atoms with Crippen LogP contribution in [0.15, 0.2) is 29.3 Å². The molecule has 0 saturated carbocycles. The number of carbonyl (C=O) groups excluding carboxylic acids is 9. The molecule has 1 aromatic rings. The molecule has 0 aromatic heterocycles. The number of aliphatic hydroxyl groups excluding tert-OH is 1. The molecule has 23 N–H and O–H groups in total. The smallest absolute Gasteiger partial charge is 0.326 e. The van der Waals surface area contributed by atoms with E-state index in [0.29, 0.717) is 12.0 Å². The maximum Gasteiger partial charge on any atom is 0.326 e. The number of nitrogens with two attached hydrogens (primary N) is 5. The molecule has 1 aromatic carbocycles. The first-order valence-corrected chi connectivity index (χ1v) is 25.2. The van der Waals surface area contributed by atoms with E-state index in [1.165, 1.54) is 38.1 Å². The quantitative estimate of drug-likeness (QED) is 0.0127. The number of nitrogens with zero attached hydrogens (tertiary/aromatic N) is 1. The molecular formula is C46H74N14O17S. The zero-order valence-corrected chi connectivity index (χ0v) is 44.0. The lowest BCUT2D eigenvalue weighted by atomic mass is 10.0. The van der Waals surface area contributed by atoms with Gasteiger partial charge in [-0.05, 0) is 75.1 Å². The van der Waals surface area contributed by atoms with Gasteiger partial charge in [0.1, 0.15) is 54.1 Å². The minimum absolute atomic E-state index is 0.00478.